The fourth-order valence-electron chi connectivity index (χ4n) is 5.72. The van der Waals surface area contributed by atoms with Gasteiger partial charge in [0.15, 0.2) is 35.4 Å². The third kappa shape index (κ3) is 7.82. The predicted molar refractivity (Wildman–Crippen MR) is 205 cm³/mol. The first-order chi connectivity index (χ1) is 26.2. The summed E-state index contributed by atoms with van der Waals surface area (Å²) in [4.78, 5) is 67.0. The van der Waals surface area contributed by atoms with E-state index in [2.05, 4.69) is 68.1 Å². The van der Waals surface area contributed by atoms with Crippen LogP contribution in [-0.2, 0) is 18.9 Å². The van der Waals surface area contributed by atoms with Crippen LogP contribution in [0.5, 0.6) is 0 Å². The van der Waals surface area contributed by atoms with Crippen molar-refractivity contribution in [3.63, 3.8) is 0 Å². The SMILES string of the molecule is O=C(Nc1ncnc2c1ncn2[C@@H]1O[C@H](COC(=O)c2ccccc2Br)[C@H](OC(=O)c2ccccc2Br)[C@H]1OC(=O)c1ccccc1Br)c1ccccc1. The first kappa shape index (κ1) is 37.0. The Morgan fingerprint density at radius 1 is 0.667 bits per heavy atom. The van der Waals surface area contributed by atoms with Crippen LogP contribution in [0, 0.1) is 0 Å². The number of ether oxygens (including phenoxy) is 4. The number of benzene rings is 4. The summed E-state index contributed by atoms with van der Waals surface area (Å²) in [5, 5.41) is 2.76. The zero-order valence-electron chi connectivity index (χ0n) is 27.7. The first-order valence-electron chi connectivity index (χ1n) is 16.2. The topological polar surface area (TPSA) is 161 Å². The van der Waals surface area contributed by atoms with Crippen molar-refractivity contribution in [2.24, 2.45) is 0 Å². The smallest absolute Gasteiger partial charge is 0.339 e. The number of hydrogen-bond donors (Lipinski definition) is 1. The van der Waals surface area contributed by atoms with Crippen LogP contribution in [0.3, 0.4) is 0 Å². The van der Waals surface area contributed by atoms with Gasteiger partial charge in [-0.15, -0.1) is 0 Å². The Kier molecular flexibility index (Phi) is 11.2. The molecule has 0 unspecified atom stereocenters. The zero-order valence-corrected chi connectivity index (χ0v) is 32.4. The molecule has 2 aromatic heterocycles. The summed E-state index contributed by atoms with van der Waals surface area (Å²) in [7, 11) is 0. The molecule has 13 nitrogen and oxygen atoms in total. The van der Waals surface area contributed by atoms with E-state index in [1.807, 2.05) is 0 Å². The highest BCUT2D eigenvalue weighted by Gasteiger charge is 2.52. The summed E-state index contributed by atoms with van der Waals surface area (Å²) in [6, 6.07) is 28.6. The third-order valence-electron chi connectivity index (χ3n) is 8.33. The number of carbonyl (C=O) groups excluding carboxylic acids is 4. The number of halogens is 3. The van der Waals surface area contributed by atoms with Gasteiger partial charge in [0.2, 0.25) is 0 Å². The second-order valence-corrected chi connectivity index (χ2v) is 14.3. The van der Waals surface area contributed by atoms with Gasteiger partial charge in [-0.3, -0.25) is 9.36 Å². The summed E-state index contributed by atoms with van der Waals surface area (Å²) in [6.45, 7) is -0.409. The maximum atomic E-state index is 13.8. The normalized spacial score (nSPS) is 17.8. The highest BCUT2D eigenvalue weighted by Crippen LogP contribution is 2.38. The number of hydrogen-bond acceptors (Lipinski definition) is 11. The average molecular weight is 920 g/mol. The minimum absolute atomic E-state index is 0.114. The maximum Gasteiger partial charge on any atom is 0.339 e. The molecule has 1 N–H and O–H groups in total. The van der Waals surface area contributed by atoms with E-state index in [-0.39, 0.29) is 33.7 Å². The Bertz CT molecular complexity index is 2380. The van der Waals surface area contributed by atoms with Crippen LogP contribution in [0.15, 0.2) is 129 Å². The minimum Gasteiger partial charge on any atom is -0.459 e. The molecule has 6 aromatic rings. The molecule has 4 aromatic carbocycles. The molecule has 1 amide bonds. The van der Waals surface area contributed by atoms with Crippen molar-refractivity contribution < 1.29 is 38.1 Å². The van der Waals surface area contributed by atoms with Crippen molar-refractivity contribution in [2.75, 3.05) is 11.9 Å². The number of amides is 1. The Balaban J connectivity index is 1.27. The van der Waals surface area contributed by atoms with Crippen LogP contribution in [0.25, 0.3) is 11.2 Å². The Morgan fingerprint density at radius 3 is 1.80 bits per heavy atom. The van der Waals surface area contributed by atoms with Gasteiger partial charge in [0.05, 0.1) is 23.0 Å². The number of rotatable bonds is 10. The van der Waals surface area contributed by atoms with E-state index in [4.69, 9.17) is 18.9 Å². The van der Waals surface area contributed by atoms with Gasteiger partial charge in [-0.25, -0.2) is 29.3 Å². The van der Waals surface area contributed by atoms with E-state index in [0.29, 0.717) is 19.0 Å². The number of nitrogens with one attached hydrogen (secondary N) is 1. The van der Waals surface area contributed by atoms with Crippen molar-refractivity contribution in [3.8, 4) is 0 Å². The Labute approximate surface area is 332 Å². The van der Waals surface area contributed by atoms with Crippen LogP contribution >= 0.6 is 47.8 Å². The molecule has 4 atom stereocenters. The van der Waals surface area contributed by atoms with Gasteiger partial charge in [-0.05, 0) is 96.3 Å². The van der Waals surface area contributed by atoms with Crippen molar-refractivity contribution in [1.29, 1.82) is 0 Å². The molecule has 1 saturated heterocycles. The van der Waals surface area contributed by atoms with Gasteiger partial charge in [0.25, 0.3) is 5.91 Å². The molecular weight excluding hydrogens is 894 g/mol. The number of fused-ring (bicyclic) bond motifs is 1. The second-order valence-electron chi connectivity index (χ2n) is 11.7. The molecule has 272 valence electrons. The monoisotopic (exact) mass is 917 g/mol. The molecule has 0 bridgehead atoms. The van der Waals surface area contributed by atoms with E-state index in [1.54, 1.807) is 103 Å². The molecule has 0 saturated carbocycles. The minimum atomic E-state index is -1.35. The largest absolute Gasteiger partial charge is 0.459 e. The molecule has 3 heterocycles. The maximum absolute atomic E-state index is 13.8. The molecule has 0 radical (unpaired) electrons. The van der Waals surface area contributed by atoms with Crippen LogP contribution in [-0.4, -0.2) is 68.3 Å². The summed E-state index contributed by atoms with van der Waals surface area (Å²) >= 11 is 10.2. The van der Waals surface area contributed by atoms with E-state index >= 15 is 0 Å². The van der Waals surface area contributed by atoms with Gasteiger partial charge >= 0.3 is 17.9 Å². The summed E-state index contributed by atoms with van der Waals surface area (Å²) in [6.07, 6.45) is -2.47. The number of anilines is 1. The van der Waals surface area contributed by atoms with Crippen molar-refractivity contribution in [2.45, 2.75) is 24.5 Å². The zero-order chi connectivity index (χ0) is 37.8. The van der Waals surface area contributed by atoms with Crippen LogP contribution in [0.4, 0.5) is 5.82 Å². The lowest BCUT2D eigenvalue weighted by atomic mass is 10.1. The lowest BCUT2D eigenvalue weighted by molar-refractivity contribution is -0.0606. The van der Waals surface area contributed by atoms with E-state index in [9.17, 15) is 19.2 Å². The van der Waals surface area contributed by atoms with Crippen molar-refractivity contribution in [3.05, 3.63) is 151 Å². The molecule has 1 aliphatic rings. The molecule has 7 rings (SSSR count). The van der Waals surface area contributed by atoms with Crippen LogP contribution in [0.2, 0.25) is 0 Å². The molecular formula is C38H26Br3N5O8. The van der Waals surface area contributed by atoms with Crippen molar-refractivity contribution in [1.82, 2.24) is 19.5 Å². The van der Waals surface area contributed by atoms with Gasteiger partial charge in [-0.1, -0.05) is 54.6 Å². The number of imidazole rings is 1. The van der Waals surface area contributed by atoms with Gasteiger partial charge in [-0.2, -0.15) is 0 Å². The number of aromatic nitrogens is 4. The summed E-state index contributed by atoms with van der Waals surface area (Å²) in [5.41, 5.74) is 1.44. The number of esters is 3. The quantitative estimate of drug-likeness (QED) is 0.107. The van der Waals surface area contributed by atoms with E-state index < -0.39 is 55.0 Å². The van der Waals surface area contributed by atoms with E-state index in [0.717, 1.165) is 0 Å². The van der Waals surface area contributed by atoms with Crippen LogP contribution in [0.1, 0.15) is 47.7 Å². The lowest BCUT2D eigenvalue weighted by Gasteiger charge is -2.25. The molecule has 16 heteroatoms. The third-order valence-corrected chi connectivity index (χ3v) is 10.4. The molecule has 0 aliphatic carbocycles. The van der Waals surface area contributed by atoms with Crippen molar-refractivity contribution >= 4 is 88.6 Å². The number of carbonyl (C=O) groups is 4. The Hall–Kier alpha value is -5.29. The molecule has 0 spiro atoms. The highest BCUT2D eigenvalue weighted by molar-refractivity contribution is 9.11. The highest BCUT2D eigenvalue weighted by atomic mass is 79.9. The second kappa shape index (κ2) is 16.4. The average Bonchev–Trinajstić information content (AvgIpc) is 3.76. The lowest BCUT2D eigenvalue weighted by Crippen LogP contribution is -2.41. The molecule has 1 aliphatic heterocycles. The molecule has 54 heavy (non-hydrogen) atoms. The standard InChI is InChI=1S/C38H26Br3N5O8/c39-25-15-7-4-12-22(25)36(48)51-18-28-30(53-37(49)23-13-5-8-16-26(23)40)31(54-38(50)24-14-6-9-17-27(24)41)35(52-28)46-20-44-29-32(42-19-43-33(29)46)45-34(47)21-10-2-1-3-11-21/h1-17,19-20,28,30-31,35H,18H2,(H,42,43,45,47)/t28-,30+,31-,35-/m1/s1. The van der Waals surface area contributed by atoms with E-state index in [1.165, 1.54) is 17.2 Å². The summed E-state index contributed by atoms with van der Waals surface area (Å²) in [5.74, 6) is -2.50. The molecule has 1 fully saturated rings. The van der Waals surface area contributed by atoms with Gasteiger partial charge in [0.1, 0.15) is 19.0 Å². The fourth-order valence-corrected chi connectivity index (χ4v) is 7.06. The van der Waals surface area contributed by atoms with Gasteiger partial charge < -0.3 is 24.3 Å². The predicted octanol–water partition coefficient (Wildman–Crippen LogP) is 7.57. The number of nitrogens with zero attached hydrogens (tertiary/aromatic N) is 4. The Morgan fingerprint density at radius 2 is 1.20 bits per heavy atom. The summed E-state index contributed by atoms with van der Waals surface area (Å²) < 4.78 is 27.3. The fraction of sp³-hybridized carbons (Fsp3) is 0.132. The van der Waals surface area contributed by atoms with Gasteiger partial charge in [0, 0.05) is 19.0 Å². The first-order valence-corrected chi connectivity index (χ1v) is 18.6. The van der Waals surface area contributed by atoms with Crippen LogP contribution < -0.4 is 5.32 Å².